The number of alkyl halides is 1. The first-order valence-corrected chi connectivity index (χ1v) is 20.7. The lowest BCUT2D eigenvalue weighted by Crippen LogP contribution is -2.52. The van der Waals surface area contributed by atoms with E-state index in [-0.39, 0.29) is 55.5 Å². The molecule has 60 heavy (non-hydrogen) atoms. The van der Waals surface area contributed by atoms with Crippen molar-refractivity contribution in [2.45, 2.75) is 82.8 Å². The number of ether oxygens (including phenoxy) is 2. The summed E-state index contributed by atoms with van der Waals surface area (Å²) in [6, 6.07) is 9.95. The van der Waals surface area contributed by atoms with Crippen LogP contribution in [0.25, 0.3) is 5.65 Å². The van der Waals surface area contributed by atoms with Crippen LogP contribution < -0.4 is 20.3 Å². The number of fused-ring (bicyclic) bond motifs is 3. The minimum atomic E-state index is -1.39. The SMILES string of the molecule is CC(C)Oc1cc2c(cc1NC(=O)c1cnn3cccnc13)CN(C1CCN(CC3(F)CCN(c4ccc5c(c4)C(=O)N(C4CCC(=O)NCOC4)C5=O)CC3)CC1)C2=O. The number of anilines is 2. The molecule has 314 valence electrons. The van der Waals surface area contributed by atoms with Crippen LogP contribution in [0.4, 0.5) is 15.8 Å². The molecule has 3 fully saturated rings. The third-order valence-corrected chi connectivity index (χ3v) is 12.4. The molecule has 4 aromatic rings. The van der Waals surface area contributed by atoms with E-state index in [1.54, 1.807) is 36.7 Å². The molecule has 0 bridgehead atoms. The lowest BCUT2D eigenvalue weighted by molar-refractivity contribution is -0.124. The Balaban J connectivity index is 0.794. The van der Waals surface area contributed by atoms with Crippen LogP contribution in [0.1, 0.15) is 99.4 Å². The summed E-state index contributed by atoms with van der Waals surface area (Å²) in [5.41, 5.74) is 2.59. The summed E-state index contributed by atoms with van der Waals surface area (Å²) in [4.78, 5) is 77.6. The second kappa shape index (κ2) is 15.9. The summed E-state index contributed by atoms with van der Waals surface area (Å²) >= 11 is 0. The van der Waals surface area contributed by atoms with Gasteiger partial charge in [0.25, 0.3) is 23.6 Å². The fraction of sp³-hybridized carbons (Fsp3) is 0.465. The van der Waals surface area contributed by atoms with E-state index in [0.29, 0.717) is 111 Å². The Hall–Kier alpha value is -5.94. The molecule has 7 heterocycles. The van der Waals surface area contributed by atoms with Crippen molar-refractivity contribution in [3.05, 3.63) is 82.8 Å². The summed E-state index contributed by atoms with van der Waals surface area (Å²) in [7, 11) is 0. The van der Waals surface area contributed by atoms with E-state index in [1.807, 2.05) is 30.9 Å². The molecular weight excluding hydrogens is 774 g/mol. The third kappa shape index (κ3) is 7.55. The maximum Gasteiger partial charge on any atom is 0.261 e. The van der Waals surface area contributed by atoms with Crippen LogP contribution >= 0.6 is 0 Å². The Kier molecular flexibility index (Phi) is 10.5. The first-order chi connectivity index (χ1) is 28.9. The highest BCUT2D eigenvalue weighted by Crippen LogP contribution is 2.38. The maximum atomic E-state index is 16.5. The van der Waals surface area contributed by atoms with Crippen LogP contribution in [0.5, 0.6) is 5.75 Å². The fourth-order valence-electron chi connectivity index (χ4n) is 9.17. The van der Waals surface area contributed by atoms with Gasteiger partial charge in [0.1, 0.15) is 23.7 Å². The zero-order chi connectivity index (χ0) is 41.7. The molecule has 16 nitrogen and oxygen atoms in total. The molecule has 1 unspecified atom stereocenters. The molecule has 5 aliphatic heterocycles. The van der Waals surface area contributed by atoms with E-state index < -0.39 is 17.6 Å². The lowest BCUT2D eigenvalue weighted by atomic mass is 9.91. The largest absolute Gasteiger partial charge is 0.489 e. The van der Waals surface area contributed by atoms with E-state index in [2.05, 4.69) is 30.5 Å². The zero-order valence-electron chi connectivity index (χ0n) is 33.7. The van der Waals surface area contributed by atoms with Crippen LogP contribution in [-0.2, 0) is 16.1 Å². The number of hydrogen-bond acceptors (Lipinski definition) is 11. The summed E-state index contributed by atoms with van der Waals surface area (Å²) in [6.45, 7) is 6.90. The van der Waals surface area contributed by atoms with Crippen molar-refractivity contribution in [3.8, 4) is 5.75 Å². The topological polar surface area (TPSA) is 171 Å². The monoisotopic (exact) mass is 821 g/mol. The number of amides is 5. The van der Waals surface area contributed by atoms with Crippen LogP contribution in [0.3, 0.4) is 0 Å². The third-order valence-electron chi connectivity index (χ3n) is 12.4. The number of rotatable bonds is 9. The average molecular weight is 822 g/mol. The Morgan fingerprint density at radius 1 is 0.983 bits per heavy atom. The van der Waals surface area contributed by atoms with Crippen molar-refractivity contribution in [2.24, 2.45) is 0 Å². The van der Waals surface area contributed by atoms with Gasteiger partial charge in [-0.3, -0.25) is 28.9 Å². The van der Waals surface area contributed by atoms with Gasteiger partial charge >= 0.3 is 0 Å². The quantitative estimate of drug-likeness (QED) is 0.234. The van der Waals surface area contributed by atoms with Crippen LogP contribution in [0, 0.1) is 0 Å². The highest BCUT2D eigenvalue weighted by molar-refractivity contribution is 6.22. The standard InChI is InChI=1S/C43H48FN9O7/c1-26(2)60-36-20-32-27(18-35(36)48-39(55)34-21-47-52-13-3-12-45-38(34)52)22-51(40(32)56)28-8-14-49(15-9-28)24-43(44)10-16-50(17-11-43)29-4-6-31-33(19-29)42(58)53(41(31)57)30-5-7-37(54)46-25-59-23-30/h3-4,6,12-13,18-21,26,28,30H,5,7-11,14-17,22-25H2,1-2H3,(H,46,54)(H,48,55). The molecule has 17 heteroatoms. The number of benzene rings is 2. The Labute approximate surface area is 346 Å². The zero-order valence-corrected chi connectivity index (χ0v) is 33.7. The molecule has 0 radical (unpaired) electrons. The van der Waals surface area contributed by atoms with Gasteiger partial charge in [-0.25, -0.2) is 13.9 Å². The average Bonchev–Trinajstić information content (AvgIpc) is 3.88. The fourth-order valence-corrected chi connectivity index (χ4v) is 9.17. The van der Waals surface area contributed by atoms with Gasteiger partial charge in [-0.1, -0.05) is 0 Å². The molecule has 1 atom stereocenters. The van der Waals surface area contributed by atoms with Crippen molar-refractivity contribution < 1.29 is 37.8 Å². The number of nitrogens with one attached hydrogen (secondary N) is 2. The van der Waals surface area contributed by atoms with Crippen molar-refractivity contribution in [1.29, 1.82) is 0 Å². The van der Waals surface area contributed by atoms with Gasteiger partial charge in [-0.05, 0) is 75.1 Å². The number of nitrogens with zero attached hydrogens (tertiary/aromatic N) is 7. The van der Waals surface area contributed by atoms with Gasteiger partial charge in [0.2, 0.25) is 5.91 Å². The first kappa shape index (κ1) is 39.5. The molecule has 9 rings (SSSR count). The van der Waals surface area contributed by atoms with E-state index in [9.17, 15) is 24.0 Å². The number of halogens is 1. The molecule has 2 aromatic carbocycles. The molecule has 2 N–H and O–H groups in total. The summed E-state index contributed by atoms with van der Waals surface area (Å²) in [5, 5.41) is 9.82. The number of piperidine rings is 2. The van der Waals surface area contributed by atoms with Gasteiger partial charge < -0.3 is 34.8 Å². The van der Waals surface area contributed by atoms with Gasteiger partial charge in [-0.15, -0.1) is 0 Å². The molecule has 0 spiro atoms. The van der Waals surface area contributed by atoms with Crippen LogP contribution in [0.2, 0.25) is 0 Å². The smallest absolute Gasteiger partial charge is 0.261 e. The van der Waals surface area contributed by atoms with Gasteiger partial charge in [0.15, 0.2) is 5.65 Å². The van der Waals surface area contributed by atoms with E-state index in [1.165, 1.54) is 15.6 Å². The van der Waals surface area contributed by atoms with Gasteiger partial charge in [-0.2, -0.15) is 5.10 Å². The Morgan fingerprint density at radius 2 is 1.77 bits per heavy atom. The molecule has 2 aromatic heterocycles. The second-order valence-electron chi connectivity index (χ2n) is 16.7. The van der Waals surface area contributed by atoms with Crippen LogP contribution in [0.15, 0.2) is 55.0 Å². The number of hydrogen-bond donors (Lipinski definition) is 2. The number of imide groups is 1. The normalized spacial score (nSPS) is 21.3. The van der Waals surface area contributed by atoms with E-state index >= 15 is 4.39 Å². The summed E-state index contributed by atoms with van der Waals surface area (Å²) in [5.74, 6) is -1.03. The highest BCUT2D eigenvalue weighted by atomic mass is 19.1. The van der Waals surface area contributed by atoms with E-state index in [0.717, 1.165) is 11.3 Å². The molecule has 5 aliphatic rings. The van der Waals surface area contributed by atoms with Gasteiger partial charge in [0, 0.05) is 88.2 Å². The van der Waals surface area contributed by atoms with Crippen molar-refractivity contribution in [2.75, 3.05) is 56.3 Å². The number of aromatic nitrogens is 3. The van der Waals surface area contributed by atoms with Crippen molar-refractivity contribution in [1.82, 2.24) is 34.6 Å². The second-order valence-corrected chi connectivity index (χ2v) is 16.7. The minimum absolute atomic E-state index is 0.0136. The number of carbonyl (C=O) groups excluding carboxylic acids is 5. The predicted molar refractivity (Wildman–Crippen MR) is 217 cm³/mol. The Morgan fingerprint density at radius 3 is 2.55 bits per heavy atom. The molecule has 0 aliphatic carbocycles. The first-order valence-electron chi connectivity index (χ1n) is 20.7. The summed E-state index contributed by atoms with van der Waals surface area (Å²) < 4.78 is 29.6. The number of likely N-dealkylation sites (tertiary alicyclic amines) is 1. The highest BCUT2D eigenvalue weighted by Gasteiger charge is 2.43. The van der Waals surface area contributed by atoms with E-state index in [4.69, 9.17) is 9.47 Å². The lowest BCUT2D eigenvalue weighted by Gasteiger charge is -2.43. The molecule has 5 amide bonds. The van der Waals surface area contributed by atoms with Gasteiger partial charge in [0.05, 0.1) is 41.8 Å². The van der Waals surface area contributed by atoms with Crippen molar-refractivity contribution >= 4 is 46.6 Å². The molecule has 0 saturated carbocycles. The van der Waals surface area contributed by atoms with Crippen molar-refractivity contribution in [3.63, 3.8) is 0 Å². The number of carbonyl (C=O) groups is 5. The van der Waals surface area contributed by atoms with Crippen LogP contribution in [-0.4, -0.2) is 129 Å². The molecule has 3 saturated heterocycles. The minimum Gasteiger partial charge on any atom is -0.489 e. The summed E-state index contributed by atoms with van der Waals surface area (Å²) in [6.07, 6.45) is 7.16. The predicted octanol–water partition coefficient (Wildman–Crippen LogP) is 4.05. The maximum absolute atomic E-state index is 16.5. The Bertz CT molecular complexity index is 2370. The molecular formula is C43H48FN9O7.